The first-order valence-corrected chi connectivity index (χ1v) is 17.4. The van der Waals surface area contributed by atoms with E-state index in [1.165, 1.54) is 22.5 Å². The number of anilines is 1. The second-order valence-electron chi connectivity index (χ2n) is 12.3. The number of carbonyl (C=O) groups excluding carboxylic acids is 2. The molecule has 0 atom stereocenters. The fraction of sp³-hybridized carbons (Fsp3) is 0.500. The van der Waals surface area contributed by atoms with Gasteiger partial charge in [-0.2, -0.15) is 13.9 Å². The number of ether oxygens (including phenoxy) is 2. The number of hydrogen-bond acceptors (Lipinski definition) is 11. The normalized spacial score (nSPS) is 20.8. The molecular weight excluding hydrogens is 644 g/mol. The Morgan fingerprint density at radius 2 is 1.85 bits per heavy atom. The number of fused-ring (bicyclic) bond motifs is 1. The van der Waals surface area contributed by atoms with Crippen molar-refractivity contribution in [3.63, 3.8) is 0 Å². The summed E-state index contributed by atoms with van der Waals surface area (Å²) in [6.07, 6.45) is 10.3. The van der Waals surface area contributed by atoms with Crippen LogP contribution >= 0.6 is 11.8 Å². The standard InChI is InChI=1S/C32H39F2N9O4S/c1-48-23-3-4-27(47-32(33)34)24(15-23)29-26(37-31(45)25-16-36-43-8-2-7-35-30(25)43)17-42(38-29)18-28(44)41-9-5-21(6-10-41)39-11-13-40(14-12-39)22-19-46-20-22/h2-4,7-8,15,17,21-22,32,36H,5-6,9-14,16,18-20H2,1H3,(H,37,45). The van der Waals surface area contributed by atoms with E-state index < -0.39 is 12.5 Å². The molecule has 3 saturated heterocycles. The van der Waals surface area contributed by atoms with Crippen molar-refractivity contribution in [2.45, 2.75) is 43.0 Å². The molecule has 3 fully saturated rings. The van der Waals surface area contributed by atoms with E-state index >= 15 is 0 Å². The molecule has 1 aromatic heterocycles. The molecule has 2 amide bonds. The van der Waals surface area contributed by atoms with Crippen molar-refractivity contribution in [3.05, 3.63) is 48.1 Å². The van der Waals surface area contributed by atoms with Crippen LogP contribution in [-0.2, 0) is 20.9 Å². The molecule has 0 bridgehead atoms. The van der Waals surface area contributed by atoms with Crippen LogP contribution in [0.4, 0.5) is 14.5 Å². The van der Waals surface area contributed by atoms with Gasteiger partial charge in [0.1, 0.15) is 18.0 Å². The maximum atomic E-state index is 13.5. The van der Waals surface area contributed by atoms with Crippen molar-refractivity contribution in [1.29, 1.82) is 0 Å². The van der Waals surface area contributed by atoms with E-state index in [0.29, 0.717) is 36.6 Å². The molecule has 48 heavy (non-hydrogen) atoms. The maximum Gasteiger partial charge on any atom is 0.387 e. The highest BCUT2D eigenvalue weighted by molar-refractivity contribution is 7.98. The van der Waals surface area contributed by atoms with E-state index in [2.05, 4.69) is 30.6 Å². The minimum absolute atomic E-state index is 0.0682. The van der Waals surface area contributed by atoms with Crippen LogP contribution in [-0.4, -0.2) is 131 Å². The molecule has 6 heterocycles. The molecule has 2 aromatic rings. The van der Waals surface area contributed by atoms with Gasteiger partial charge >= 0.3 is 6.61 Å². The van der Waals surface area contributed by atoms with Gasteiger partial charge in [-0.1, -0.05) is 0 Å². The quantitative estimate of drug-likeness (QED) is 0.362. The zero-order valence-electron chi connectivity index (χ0n) is 26.7. The molecule has 0 unspecified atom stereocenters. The number of nitrogens with one attached hydrogen (secondary N) is 2. The fourth-order valence-corrected chi connectivity index (χ4v) is 7.22. The Kier molecular flexibility index (Phi) is 9.77. The largest absolute Gasteiger partial charge is 0.434 e. The van der Waals surface area contributed by atoms with Crippen molar-refractivity contribution in [1.82, 2.24) is 34.9 Å². The molecule has 13 nitrogen and oxygen atoms in total. The molecule has 16 heteroatoms. The summed E-state index contributed by atoms with van der Waals surface area (Å²) in [5.74, 6) is -0.151. The average molecular weight is 684 g/mol. The Balaban J connectivity index is 1.07. The first-order chi connectivity index (χ1) is 23.4. The number of alkyl halides is 2. The first kappa shape index (κ1) is 32.7. The van der Waals surface area contributed by atoms with E-state index in [0.717, 1.165) is 57.1 Å². The van der Waals surface area contributed by atoms with Gasteiger partial charge in [0.2, 0.25) is 5.91 Å². The van der Waals surface area contributed by atoms with Gasteiger partial charge in [0.15, 0.2) is 5.82 Å². The molecule has 0 radical (unpaired) electrons. The maximum absolute atomic E-state index is 13.5. The number of carbonyl (C=O) groups is 2. The lowest BCUT2D eigenvalue weighted by molar-refractivity contribution is -0.133. The highest BCUT2D eigenvalue weighted by atomic mass is 32.2. The molecule has 256 valence electrons. The number of hydrogen-bond donors (Lipinski definition) is 2. The van der Waals surface area contributed by atoms with E-state index in [9.17, 15) is 18.4 Å². The zero-order chi connectivity index (χ0) is 33.2. The number of benzene rings is 1. The van der Waals surface area contributed by atoms with Gasteiger partial charge in [0.05, 0.1) is 30.5 Å². The van der Waals surface area contributed by atoms with Crippen LogP contribution in [0.25, 0.3) is 11.3 Å². The second kappa shape index (κ2) is 14.3. The lowest BCUT2D eigenvalue weighted by Crippen LogP contribution is -2.59. The minimum Gasteiger partial charge on any atom is -0.434 e. The Hall–Kier alpha value is -3.83. The Labute approximate surface area is 281 Å². The van der Waals surface area contributed by atoms with E-state index in [4.69, 9.17) is 9.47 Å². The van der Waals surface area contributed by atoms with Crippen LogP contribution in [0.3, 0.4) is 0 Å². The fourth-order valence-electron chi connectivity index (χ4n) is 6.78. The third-order valence-electron chi connectivity index (χ3n) is 9.50. The SMILES string of the molecule is CSc1ccc(OC(F)F)c(-c2nn(CC(=O)N3CCC(N4CCN(C5COC5)CC4)CC3)cc2NC(=O)C2=C3N=CC=CN3NC2)c1. The highest BCUT2D eigenvalue weighted by Crippen LogP contribution is 2.38. The Morgan fingerprint density at radius 1 is 1.10 bits per heavy atom. The number of allylic oxidation sites excluding steroid dienone is 1. The smallest absolute Gasteiger partial charge is 0.387 e. The average Bonchev–Trinajstić information content (AvgIpc) is 3.68. The van der Waals surface area contributed by atoms with Crippen LogP contribution in [0.1, 0.15) is 12.8 Å². The molecule has 5 aliphatic rings. The molecule has 0 aliphatic carbocycles. The van der Waals surface area contributed by atoms with Gasteiger partial charge in [-0.15, -0.1) is 11.8 Å². The number of amides is 2. The number of aliphatic imine (C=N–C) groups is 1. The molecular formula is C32H39F2N9O4S. The molecule has 0 saturated carbocycles. The number of rotatable bonds is 10. The molecule has 5 aliphatic heterocycles. The van der Waals surface area contributed by atoms with Crippen molar-refractivity contribution < 1.29 is 27.8 Å². The summed E-state index contributed by atoms with van der Waals surface area (Å²) in [7, 11) is 0. The third-order valence-corrected chi connectivity index (χ3v) is 10.2. The number of thioether (sulfide) groups is 1. The monoisotopic (exact) mass is 683 g/mol. The van der Waals surface area contributed by atoms with E-state index in [1.54, 1.807) is 41.8 Å². The molecule has 7 rings (SSSR count). The summed E-state index contributed by atoms with van der Waals surface area (Å²) < 4.78 is 38.6. The number of likely N-dealkylation sites (tertiary alicyclic amines) is 1. The van der Waals surface area contributed by atoms with Crippen molar-refractivity contribution in [2.75, 3.05) is 70.6 Å². The van der Waals surface area contributed by atoms with Gasteiger partial charge in [0, 0.05) is 80.9 Å². The van der Waals surface area contributed by atoms with Crippen molar-refractivity contribution in [3.8, 4) is 17.0 Å². The number of hydrazine groups is 1. The Morgan fingerprint density at radius 3 is 2.54 bits per heavy atom. The number of piperazine rings is 1. The lowest BCUT2D eigenvalue weighted by Gasteiger charge is -2.46. The highest BCUT2D eigenvalue weighted by Gasteiger charge is 2.33. The number of aromatic nitrogens is 2. The van der Waals surface area contributed by atoms with Gasteiger partial charge in [-0.3, -0.25) is 29.1 Å². The topological polar surface area (TPSA) is 120 Å². The van der Waals surface area contributed by atoms with Crippen LogP contribution < -0.4 is 15.5 Å². The summed E-state index contributed by atoms with van der Waals surface area (Å²) in [6, 6.07) is 5.84. The number of nitrogens with zero attached hydrogens (tertiary/aromatic N) is 7. The van der Waals surface area contributed by atoms with Crippen molar-refractivity contribution >= 4 is 35.5 Å². The molecule has 1 aromatic carbocycles. The summed E-state index contributed by atoms with van der Waals surface area (Å²) in [6.45, 7) is 4.25. The summed E-state index contributed by atoms with van der Waals surface area (Å²) in [5, 5.41) is 9.21. The predicted octanol–water partition coefficient (Wildman–Crippen LogP) is 2.45. The van der Waals surface area contributed by atoms with Gasteiger partial charge < -0.3 is 19.7 Å². The van der Waals surface area contributed by atoms with E-state index in [1.807, 2.05) is 11.2 Å². The lowest BCUT2D eigenvalue weighted by atomic mass is 10.0. The van der Waals surface area contributed by atoms with Gasteiger partial charge in [-0.25, -0.2) is 10.4 Å². The second-order valence-corrected chi connectivity index (χ2v) is 13.2. The van der Waals surface area contributed by atoms with Crippen LogP contribution in [0.5, 0.6) is 5.75 Å². The summed E-state index contributed by atoms with van der Waals surface area (Å²) >= 11 is 1.43. The number of halogens is 2. The Bertz CT molecular complexity index is 1610. The number of piperidine rings is 1. The molecule has 0 spiro atoms. The van der Waals surface area contributed by atoms with Crippen LogP contribution in [0.2, 0.25) is 0 Å². The van der Waals surface area contributed by atoms with Crippen molar-refractivity contribution in [2.24, 2.45) is 4.99 Å². The van der Waals surface area contributed by atoms with Crippen LogP contribution in [0.15, 0.2) is 58.0 Å². The minimum atomic E-state index is -3.06. The van der Waals surface area contributed by atoms with Crippen LogP contribution in [0, 0.1) is 0 Å². The van der Waals surface area contributed by atoms with E-state index in [-0.39, 0.29) is 41.7 Å². The summed E-state index contributed by atoms with van der Waals surface area (Å²) in [4.78, 5) is 39.1. The predicted molar refractivity (Wildman–Crippen MR) is 177 cm³/mol. The summed E-state index contributed by atoms with van der Waals surface area (Å²) in [5.41, 5.74) is 4.23. The first-order valence-electron chi connectivity index (χ1n) is 16.2. The third kappa shape index (κ3) is 6.98. The van der Waals surface area contributed by atoms with Gasteiger partial charge in [-0.05, 0) is 43.4 Å². The van der Waals surface area contributed by atoms with Gasteiger partial charge in [0.25, 0.3) is 5.91 Å². The molecule has 2 N–H and O–H groups in total. The zero-order valence-corrected chi connectivity index (χ0v) is 27.5.